The van der Waals surface area contributed by atoms with E-state index in [9.17, 15) is 0 Å². The highest BCUT2D eigenvalue weighted by Crippen LogP contribution is 2.19. The predicted molar refractivity (Wildman–Crippen MR) is 99.0 cm³/mol. The summed E-state index contributed by atoms with van der Waals surface area (Å²) < 4.78 is 0. The van der Waals surface area contributed by atoms with Gasteiger partial charge in [0.15, 0.2) is 0 Å². The Morgan fingerprint density at radius 3 is 2.54 bits per heavy atom. The van der Waals surface area contributed by atoms with Gasteiger partial charge in [-0.05, 0) is 25.3 Å². The van der Waals surface area contributed by atoms with Crippen molar-refractivity contribution in [2.75, 3.05) is 36.0 Å². The van der Waals surface area contributed by atoms with Crippen molar-refractivity contribution in [3.63, 3.8) is 0 Å². The quantitative estimate of drug-likeness (QED) is 0.757. The van der Waals surface area contributed by atoms with Gasteiger partial charge >= 0.3 is 0 Å². The molecular formula is C18H26N6. The number of nitrogens with one attached hydrogen (secondary N) is 2. The van der Waals surface area contributed by atoms with Gasteiger partial charge in [-0.3, -0.25) is 4.90 Å². The molecule has 0 bridgehead atoms. The van der Waals surface area contributed by atoms with E-state index < -0.39 is 0 Å². The van der Waals surface area contributed by atoms with Crippen molar-refractivity contribution in [1.82, 2.24) is 14.9 Å². The number of aromatic nitrogens is 2. The molecule has 2 aromatic rings. The summed E-state index contributed by atoms with van der Waals surface area (Å²) in [5.41, 5.74) is 7.17. The Kier molecular flexibility index (Phi) is 5.48. The van der Waals surface area contributed by atoms with Crippen molar-refractivity contribution >= 4 is 17.6 Å². The summed E-state index contributed by atoms with van der Waals surface area (Å²) in [6.45, 7) is 6.06. The van der Waals surface area contributed by atoms with Gasteiger partial charge in [-0.2, -0.15) is 9.97 Å². The molecule has 0 atom stereocenters. The van der Waals surface area contributed by atoms with Crippen LogP contribution in [0.4, 0.5) is 17.6 Å². The zero-order valence-electron chi connectivity index (χ0n) is 14.2. The lowest BCUT2D eigenvalue weighted by atomic mass is 10.0. The van der Waals surface area contributed by atoms with Crippen LogP contribution >= 0.6 is 0 Å². The summed E-state index contributed by atoms with van der Waals surface area (Å²) in [6.07, 6.45) is 2.21. The first-order valence-electron chi connectivity index (χ1n) is 8.64. The third-order valence-electron chi connectivity index (χ3n) is 4.29. The number of nitrogens with zero attached hydrogens (tertiary/aromatic N) is 3. The first kappa shape index (κ1) is 16.5. The number of benzene rings is 1. The standard InChI is InChI=1S/C18H26N6/c1-2-20-16-12-17(23-18(19)22-16)21-15-8-10-24(11-9-15)13-14-6-4-3-5-7-14/h3-7,12,15H,2,8-11,13H2,1H3,(H4,19,20,21,22,23). The Hall–Kier alpha value is -2.34. The van der Waals surface area contributed by atoms with E-state index in [-0.39, 0.29) is 0 Å². The van der Waals surface area contributed by atoms with Gasteiger partial charge in [-0.15, -0.1) is 0 Å². The van der Waals surface area contributed by atoms with Gasteiger partial charge in [0.25, 0.3) is 0 Å². The lowest BCUT2D eigenvalue weighted by Gasteiger charge is -2.32. The van der Waals surface area contributed by atoms with Gasteiger partial charge in [0.2, 0.25) is 5.95 Å². The van der Waals surface area contributed by atoms with Gasteiger partial charge < -0.3 is 16.4 Å². The van der Waals surface area contributed by atoms with Crippen molar-refractivity contribution in [1.29, 1.82) is 0 Å². The molecule has 1 fully saturated rings. The van der Waals surface area contributed by atoms with Crippen LogP contribution in [0, 0.1) is 0 Å². The number of anilines is 3. The Morgan fingerprint density at radius 2 is 1.83 bits per heavy atom. The molecule has 0 saturated carbocycles. The lowest BCUT2D eigenvalue weighted by Crippen LogP contribution is -2.38. The highest BCUT2D eigenvalue weighted by atomic mass is 15.2. The minimum Gasteiger partial charge on any atom is -0.370 e. The highest BCUT2D eigenvalue weighted by molar-refractivity contribution is 5.51. The molecule has 4 N–H and O–H groups in total. The van der Waals surface area contributed by atoms with Gasteiger partial charge in [-0.25, -0.2) is 0 Å². The second-order valence-corrected chi connectivity index (χ2v) is 6.21. The molecule has 1 aliphatic rings. The number of hydrogen-bond donors (Lipinski definition) is 3. The zero-order chi connectivity index (χ0) is 16.8. The second-order valence-electron chi connectivity index (χ2n) is 6.21. The van der Waals surface area contributed by atoms with Crippen LogP contribution in [-0.2, 0) is 6.54 Å². The molecule has 0 radical (unpaired) electrons. The third-order valence-corrected chi connectivity index (χ3v) is 4.29. The number of piperidine rings is 1. The Morgan fingerprint density at radius 1 is 1.12 bits per heavy atom. The molecule has 1 aromatic heterocycles. The molecule has 24 heavy (non-hydrogen) atoms. The number of likely N-dealkylation sites (tertiary alicyclic amines) is 1. The van der Waals surface area contributed by atoms with Crippen LogP contribution in [-0.4, -0.2) is 40.5 Å². The molecule has 128 valence electrons. The zero-order valence-corrected chi connectivity index (χ0v) is 14.2. The second kappa shape index (κ2) is 7.97. The first-order chi connectivity index (χ1) is 11.7. The fourth-order valence-electron chi connectivity index (χ4n) is 3.10. The van der Waals surface area contributed by atoms with Crippen molar-refractivity contribution in [2.45, 2.75) is 32.4 Å². The van der Waals surface area contributed by atoms with E-state index in [4.69, 9.17) is 5.73 Å². The molecule has 6 nitrogen and oxygen atoms in total. The summed E-state index contributed by atoms with van der Waals surface area (Å²) in [5, 5.41) is 6.69. The van der Waals surface area contributed by atoms with Gasteiger partial charge in [0, 0.05) is 38.3 Å². The fourth-order valence-corrected chi connectivity index (χ4v) is 3.10. The first-order valence-corrected chi connectivity index (χ1v) is 8.64. The summed E-state index contributed by atoms with van der Waals surface area (Å²) in [7, 11) is 0. The predicted octanol–water partition coefficient (Wildman–Crippen LogP) is 2.57. The average Bonchev–Trinajstić information content (AvgIpc) is 2.57. The van der Waals surface area contributed by atoms with Crippen molar-refractivity contribution in [2.24, 2.45) is 0 Å². The van der Waals surface area contributed by atoms with E-state index in [1.165, 1.54) is 5.56 Å². The van der Waals surface area contributed by atoms with Crippen LogP contribution in [0.3, 0.4) is 0 Å². The van der Waals surface area contributed by atoms with Crippen LogP contribution in [0.2, 0.25) is 0 Å². The number of nitrogen functional groups attached to an aromatic ring is 1. The summed E-state index contributed by atoms with van der Waals surface area (Å²) >= 11 is 0. The SMILES string of the molecule is CCNc1cc(NC2CCN(Cc3ccccc3)CC2)nc(N)n1. The van der Waals surface area contributed by atoms with Crippen LogP contribution < -0.4 is 16.4 Å². The normalized spacial score (nSPS) is 16.0. The van der Waals surface area contributed by atoms with E-state index >= 15 is 0 Å². The minimum absolute atomic E-state index is 0.303. The molecule has 0 amide bonds. The van der Waals surface area contributed by atoms with E-state index in [2.05, 4.69) is 55.8 Å². The van der Waals surface area contributed by atoms with Gasteiger partial charge in [-0.1, -0.05) is 30.3 Å². The average molecular weight is 326 g/mol. The molecule has 3 rings (SSSR count). The van der Waals surface area contributed by atoms with Crippen molar-refractivity contribution < 1.29 is 0 Å². The molecule has 1 aromatic carbocycles. The van der Waals surface area contributed by atoms with Crippen LogP contribution in [0.25, 0.3) is 0 Å². The van der Waals surface area contributed by atoms with E-state index in [0.717, 1.165) is 50.7 Å². The van der Waals surface area contributed by atoms with Gasteiger partial charge in [0.05, 0.1) is 0 Å². The highest BCUT2D eigenvalue weighted by Gasteiger charge is 2.19. The van der Waals surface area contributed by atoms with Gasteiger partial charge in [0.1, 0.15) is 11.6 Å². The molecule has 2 heterocycles. The van der Waals surface area contributed by atoms with E-state index in [1.54, 1.807) is 0 Å². The minimum atomic E-state index is 0.303. The summed E-state index contributed by atoms with van der Waals surface area (Å²) in [6, 6.07) is 13.0. The maximum absolute atomic E-state index is 5.79. The molecule has 6 heteroatoms. The fraction of sp³-hybridized carbons (Fsp3) is 0.444. The summed E-state index contributed by atoms with van der Waals surface area (Å²) in [4.78, 5) is 11.0. The van der Waals surface area contributed by atoms with Crippen molar-refractivity contribution in [3.05, 3.63) is 42.0 Å². The molecule has 0 aliphatic carbocycles. The molecule has 1 saturated heterocycles. The van der Waals surface area contributed by atoms with E-state index in [1.807, 2.05) is 13.0 Å². The third kappa shape index (κ3) is 4.58. The number of hydrogen-bond acceptors (Lipinski definition) is 6. The van der Waals surface area contributed by atoms with E-state index in [0.29, 0.717) is 12.0 Å². The molecule has 0 spiro atoms. The van der Waals surface area contributed by atoms with Crippen LogP contribution in [0.5, 0.6) is 0 Å². The monoisotopic (exact) mass is 326 g/mol. The largest absolute Gasteiger partial charge is 0.370 e. The topological polar surface area (TPSA) is 79.1 Å². The molecule has 0 unspecified atom stereocenters. The maximum Gasteiger partial charge on any atom is 0.223 e. The number of rotatable bonds is 6. The Labute approximate surface area is 143 Å². The molecular weight excluding hydrogens is 300 g/mol. The lowest BCUT2D eigenvalue weighted by molar-refractivity contribution is 0.211. The number of nitrogens with two attached hydrogens (primary N) is 1. The maximum atomic E-state index is 5.79. The smallest absolute Gasteiger partial charge is 0.223 e. The Balaban J connectivity index is 1.52. The molecule has 1 aliphatic heterocycles. The summed E-state index contributed by atoms with van der Waals surface area (Å²) in [5.74, 6) is 1.88. The van der Waals surface area contributed by atoms with Crippen molar-refractivity contribution in [3.8, 4) is 0 Å². The van der Waals surface area contributed by atoms with Crippen LogP contribution in [0.1, 0.15) is 25.3 Å². The Bertz CT molecular complexity index is 637. The van der Waals surface area contributed by atoms with Crippen LogP contribution in [0.15, 0.2) is 36.4 Å².